The van der Waals surface area contributed by atoms with E-state index in [1.165, 1.54) is 38.8 Å². The van der Waals surface area contributed by atoms with Gasteiger partial charge in [-0.25, -0.2) is 0 Å². The van der Waals surface area contributed by atoms with Crippen LogP contribution < -0.4 is 5.32 Å². The molecule has 0 bridgehead atoms. The molecule has 4 nitrogen and oxygen atoms in total. The molecule has 3 unspecified atom stereocenters. The number of piperidine rings is 1. The molecule has 1 aliphatic carbocycles. The van der Waals surface area contributed by atoms with E-state index in [0.29, 0.717) is 12.0 Å². The number of hydrogen-bond donors (Lipinski definition) is 1. The van der Waals surface area contributed by atoms with E-state index in [1.54, 1.807) is 0 Å². The monoisotopic (exact) mass is 292 g/mol. The third-order valence-corrected chi connectivity index (χ3v) is 5.57. The van der Waals surface area contributed by atoms with E-state index < -0.39 is 0 Å². The van der Waals surface area contributed by atoms with Crippen LogP contribution in [0.25, 0.3) is 0 Å². The van der Waals surface area contributed by atoms with Crippen molar-refractivity contribution in [2.45, 2.75) is 57.0 Å². The number of nitriles is 1. The van der Waals surface area contributed by atoms with E-state index in [0.717, 1.165) is 25.9 Å². The highest BCUT2D eigenvalue weighted by atomic mass is 15.2. The van der Waals surface area contributed by atoms with Gasteiger partial charge in [0.1, 0.15) is 5.54 Å². The van der Waals surface area contributed by atoms with Gasteiger partial charge < -0.3 is 9.80 Å². The summed E-state index contributed by atoms with van der Waals surface area (Å²) in [6.45, 7) is 6.56. The molecular formula is C17H32N4. The number of nitrogens with one attached hydrogen (secondary N) is 1. The Kier molecular flexibility index (Phi) is 6.04. The fourth-order valence-corrected chi connectivity index (χ4v) is 4.24. The van der Waals surface area contributed by atoms with E-state index >= 15 is 0 Å². The standard InChI is InChI=1S/C17H32N4/c1-4-19-17(14-18)10-5-7-15(17)9-12-21(3)16-8-6-11-20(2)13-16/h15-16,19H,4-13H2,1-3H3. The van der Waals surface area contributed by atoms with Crippen LogP contribution in [0.1, 0.15) is 45.4 Å². The summed E-state index contributed by atoms with van der Waals surface area (Å²) in [7, 11) is 4.49. The van der Waals surface area contributed by atoms with Crippen LogP contribution in [0.5, 0.6) is 0 Å². The second-order valence-electron chi connectivity index (χ2n) is 7.03. The van der Waals surface area contributed by atoms with Crippen molar-refractivity contribution in [3.05, 3.63) is 0 Å². The molecule has 0 spiro atoms. The van der Waals surface area contributed by atoms with E-state index in [9.17, 15) is 5.26 Å². The fourth-order valence-electron chi connectivity index (χ4n) is 4.24. The molecule has 1 heterocycles. The third-order valence-electron chi connectivity index (χ3n) is 5.57. The zero-order valence-corrected chi connectivity index (χ0v) is 14.1. The first-order chi connectivity index (χ1) is 10.1. The van der Waals surface area contributed by atoms with Gasteiger partial charge in [-0.2, -0.15) is 5.26 Å². The van der Waals surface area contributed by atoms with E-state index in [4.69, 9.17) is 0 Å². The van der Waals surface area contributed by atoms with Crippen molar-refractivity contribution in [3.8, 4) is 6.07 Å². The molecule has 1 aliphatic heterocycles. The average Bonchev–Trinajstić information content (AvgIpc) is 2.88. The van der Waals surface area contributed by atoms with E-state index in [1.807, 2.05) is 0 Å². The Morgan fingerprint density at radius 3 is 2.86 bits per heavy atom. The van der Waals surface area contributed by atoms with Crippen molar-refractivity contribution >= 4 is 0 Å². The van der Waals surface area contributed by atoms with Crippen molar-refractivity contribution < 1.29 is 0 Å². The van der Waals surface area contributed by atoms with Gasteiger partial charge in [0.25, 0.3) is 0 Å². The van der Waals surface area contributed by atoms with Gasteiger partial charge in [0, 0.05) is 12.6 Å². The first-order valence-corrected chi connectivity index (χ1v) is 8.66. The summed E-state index contributed by atoms with van der Waals surface area (Å²) in [4.78, 5) is 4.97. The molecule has 120 valence electrons. The van der Waals surface area contributed by atoms with Crippen molar-refractivity contribution in [1.82, 2.24) is 15.1 Å². The second kappa shape index (κ2) is 7.58. The molecule has 3 atom stereocenters. The summed E-state index contributed by atoms with van der Waals surface area (Å²) < 4.78 is 0. The van der Waals surface area contributed by atoms with Crippen LogP contribution in [0.15, 0.2) is 0 Å². The number of rotatable bonds is 6. The van der Waals surface area contributed by atoms with Crippen LogP contribution in [0.4, 0.5) is 0 Å². The number of hydrogen-bond acceptors (Lipinski definition) is 4. The zero-order chi connectivity index (χ0) is 15.3. The maximum atomic E-state index is 9.63. The lowest BCUT2D eigenvalue weighted by molar-refractivity contribution is 0.125. The largest absolute Gasteiger partial charge is 0.305 e. The van der Waals surface area contributed by atoms with Gasteiger partial charge in [0.15, 0.2) is 0 Å². The van der Waals surface area contributed by atoms with Crippen molar-refractivity contribution in [1.29, 1.82) is 5.26 Å². The van der Waals surface area contributed by atoms with Crippen LogP contribution in [-0.4, -0.2) is 61.7 Å². The first-order valence-electron chi connectivity index (χ1n) is 8.66. The number of nitrogens with zero attached hydrogens (tertiary/aromatic N) is 3. The average molecular weight is 292 g/mol. The molecule has 21 heavy (non-hydrogen) atoms. The summed E-state index contributed by atoms with van der Waals surface area (Å²) in [5, 5.41) is 13.1. The molecule has 0 radical (unpaired) electrons. The predicted octanol–water partition coefficient (Wildman–Crippen LogP) is 2.07. The summed E-state index contributed by atoms with van der Waals surface area (Å²) in [6, 6.07) is 3.30. The SMILES string of the molecule is CCNC1(C#N)CCCC1CCN(C)C1CCCN(C)C1. The number of likely N-dealkylation sites (tertiary alicyclic amines) is 1. The summed E-state index contributed by atoms with van der Waals surface area (Å²) >= 11 is 0. The van der Waals surface area contributed by atoms with Gasteiger partial charge in [-0.1, -0.05) is 13.3 Å². The third kappa shape index (κ3) is 3.97. The Balaban J connectivity index is 1.85. The molecule has 4 heteroatoms. The molecule has 0 amide bonds. The Morgan fingerprint density at radius 1 is 1.38 bits per heavy atom. The minimum Gasteiger partial charge on any atom is -0.305 e. The predicted molar refractivity (Wildman–Crippen MR) is 87.1 cm³/mol. The lowest BCUT2D eigenvalue weighted by Crippen LogP contribution is -2.49. The van der Waals surface area contributed by atoms with Crippen LogP contribution >= 0.6 is 0 Å². The molecule has 0 aromatic heterocycles. The summed E-state index contributed by atoms with van der Waals surface area (Å²) in [5.41, 5.74) is -0.251. The van der Waals surface area contributed by atoms with Gasteiger partial charge in [-0.05, 0) is 71.8 Å². The smallest absolute Gasteiger partial charge is 0.109 e. The summed E-state index contributed by atoms with van der Waals surface area (Å²) in [5.74, 6) is 0.520. The highest BCUT2D eigenvalue weighted by Gasteiger charge is 2.42. The molecule has 1 saturated carbocycles. The summed E-state index contributed by atoms with van der Waals surface area (Å²) in [6.07, 6.45) is 7.21. The van der Waals surface area contributed by atoms with Crippen molar-refractivity contribution in [2.24, 2.45) is 5.92 Å². The Bertz CT molecular complexity index is 364. The van der Waals surface area contributed by atoms with Crippen LogP contribution in [0, 0.1) is 17.2 Å². The molecule has 1 N–H and O–H groups in total. The Labute approximate surface area is 130 Å². The quantitative estimate of drug-likeness (QED) is 0.814. The maximum Gasteiger partial charge on any atom is 0.109 e. The van der Waals surface area contributed by atoms with E-state index in [-0.39, 0.29) is 5.54 Å². The topological polar surface area (TPSA) is 42.3 Å². The van der Waals surface area contributed by atoms with Crippen molar-refractivity contribution in [2.75, 3.05) is 40.3 Å². The Hall–Kier alpha value is -0.630. The van der Waals surface area contributed by atoms with Crippen LogP contribution in [0.2, 0.25) is 0 Å². The minimum absolute atomic E-state index is 0.251. The molecule has 2 fully saturated rings. The van der Waals surface area contributed by atoms with Gasteiger partial charge in [0.05, 0.1) is 6.07 Å². The molecule has 2 aliphatic rings. The van der Waals surface area contributed by atoms with Gasteiger partial charge in [-0.15, -0.1) is 0 Å². The number of likely N-dealkylation sites (N-methyl/N-ethyl adjacent to an activating group) is 2. The molecule has 0 aromatic rings. The molecule has 0 aromatic carbocycles. The van der Waals surface area contributed by atoms with Crippen LogP contribution in [0.3, 0.4) is 0 Å². The molecular weight excluding hydrogens is 260 g/mol. The molecule has 1 saturated heterocycles. The second-order valence-corrected chi connectivity index (χ2v) is 7.03. The highest BCUT2D eigenvalue weighted by molar-refractivity contribution is 5.14. The first kappa shape index (κ1) is 16.7. The lowest BCUT2D eigenvalue weighted by atomic mass is 9.85. The zero-order valence-electron chi connectivity index (χ0n) is 14.1. The van der Waals surface area contributed by atoms with Gasteiger partial charge >= 0.3 is 0 Å². The van der Waals surface area contributed by atoms with Gasteiger partial charge in [0.2, 0.25) is 0 Å². The lowest BCUT2D eigenvalue weighted by Gasteiger charge is -2.37. The van der Waals surface area contributed by atoms with E-state index in [2.05, 4.69) is 42.2 Å². The fraction of sp³-hybridized carbons (Fsp3) is 0.941. The minimum atomic E-state index is -0.251. The van der Waals surface area contributed by atoms with Crippen LogP contribution in [-0.2, 0) is 0 Å². The van der Waals surface area contributed by atoms with Gasteiger partial charge in [-0.3, -0.25) is 5.32 Å². The molecule has 2 rings (SSSR count). The highest BCUT2D eigenvalue weighted by Crippen LogP contribution is 2.37. The van der Waals surface area contributed by atoms with Crippen molar-refractivity contribution in [3.63, 3.8) is 0 Å². The normalized spacial score (nSPS) is 34.2. The maximum absolute atomic E-state index is 9.63. The Morgan fingerprint density at radius 2 is 2.19 bits per heavy atom.